The number of hydrogen-bond acceptors (Lipinski definition) is 3. The zero-order chi connectivity index (χ0) is 14.0. The van der Waals surface area contributed by atoms with Crippen molar-refractivity contribution >= 4 is 27.9 Å². The number of imide groups is 1. The van der Waals surface area contributed by atoms with Crippen molar-refractivity contribution in [3.8, 4) is 0 Å². The maximum atomic E-state index is 12.5. The molecular formula is C13H15BrN2O3. The Morgan fingerprint density at radius 3 is 2.68 bits per heavy atom. The molecule has 1 aliphatic rings. The molecule has 1 fully saturated rings. The van der Waals surface area contributed by atoms with Crippen LogP contribution in [0.1, 0.15) is 12.5 Å². The summed E-state index contributed by atoms with van der Waals surface area (Å²) in [4.78, 5) is 25.6. The highest BCUT2D eigenvalue weighted by Crippen LogP contribution is 2.33. The highest BCUT2D eigenvalue weighted by molar-refractivity contribution is 9.10. The van der Waals surface area contributed by atoms with Crippen LogP contribution in [0, 0.1) is 0 Å². The van der Waals surface area contributed by atoms with E-state index in [9.17, 15) is 9.59 Å². The maximum Gasteiger partial charge on any atom is 0.325 e. The van der Waals surface area contributed by atoms with Gasteiger partial charge >= 0.3 is 6.03 Å². The fraction of sp³-hybridized carbons (Fsp3) is 0.385. The average Bonchev–Trinajstić information content (AvgIpc) is 2.59. The Balaban J connectivity index is 2.33. The first-order chi connectivity index (χ1) is 9.00. The van der Waals surface area contributed by atoms with E-state index in [-0.39, 0.29) is 18.5 Å². The zero-order valence-electron chi connectivity index (χ0n) is 10.8. The van der Waals surface area contributed by atoms with Gasteiger partial charge in [-0.15, -0.1) is 0 Å². The van der Waals surface area contributed by atoms with Gasteiger partial charge in [-0.1, -0.05) is 34.1 Å². The van der Waals surface area contributed by atoms with Gasteiger partial charge in [0.2, 0.25) is 0 Å². The van der Waals surface area contributed by atoms with Crippen LogP contribution in [-0.4, -0.2) is 37.1 Å². The number of nitrogens with zero attached hydrogens (tertiary/aromatic N) is 1. The molecule has 0 aromatic heterocycles. The van der Waals surface area contributed by atoms with Crippen LogP contribution in [0.4, 0.5) is 4.79 Å². The Morgan fingerprint density at radius 2 is 2.05 bits per heavy atom. The summed E-state index contributed by atoms with van der Waals surface area (Å²) in [6.07, 6.45) is 0. The lowest BCUT2D eigenvalue weighted by atomic mass is 9.92. The Kier molecular flexibility index (Phi) is 3.91. The number of rotatable bonds is 4. The third-order valence-corrected chi connectivity index (χ3v) is 3.90. The summed E-state index contributed by atoms with van der Waals surface area (Å²) in [7, 11) is 1.53. The van der Waals surface area contributed by atoms with Gasteiger partial charge in [0.1, 0.15) is 5.54 Å². The van der Waals surface area contributed by atoms with Crippen LogP contribution >= 0.6 is 15.9 Å². The minimum atomic E-state index is -1.04. The molecule has 1 atom stereocenters. The summed E-state index contributed by atoms with van der Waals surface area (Å²) < 4.78 is 5.71. The topological polar surface area (TPSA) is 58.6 Å². The molecule has 102 valence electrons. The molecule has 1 N–H and O–H groups in total. The standard InChI is InChI=1S/C13H15BrN2O3/c1-13(9-5-3-4-6-10(9)14)11(17)16(7-8-19-2)12(18)15-13/h3-6H,7-8H2,1-2H3,(H,15,18). The van der Waals surface area contributed by atoms with Gasteiger partial charge in [-0.3, -0.25) is 9.69 Å². The lowest BCUT2D eigenvalue weighted by molar-refractivity contribution is -0.131. The van der Waals surface area contributed by atoms with E-state index in [0.717, 1.165) is 10.0 Å². The Bertz CT molecular complexity index is 520. The van der Waals surface area contributed by atoms with Gasteiger partial charge in [0, 0.05) is 17.1 Å². The molecule has 3 amide bonds. The number of nitrogens with one attached hydrogen (secondary N) is 1. The number of halogens is 1. The van der Waals surface area contributed by atoms with E-state index in [2.05, 4.69) is 21.2 Å². The second kappa shape index (κ2) is 5.30. The van der Waals surface area contributed by atoms with Gasteiger partial charge < -0.3 is 10.1 Å². The molecule has 19 heavy (non-hydrogen) atoms. The fourth-order valence-electron chi connectivity index (χ4n) is 2.13. The number of amides is 3. The van der Waals surface area contributed by atoms with Gasteiger partial charge in [-0.2, -0.15) is 0 Å². The highest BCUT2D eigenvalue weighted by Gasteiger charge is 2.49. The smallest absolute Gasteiger partial charge is 0.325 e. The summed E-state index contributed by atoms with van der Waals surface area (Å²) in [5, 5.41) is 2.75. The molecule has 0 saturated carbocycles. The van der Waals surface area contributed by atoms with Crippen LogP contribution in [0.15, 0.2) is 28.7 Å². The summed E-state index contributed by atoms with van der Waals surface area (Å²) in [5.41, 5.74) is -0.293. The molecule has 1 saturated heterocycles. The second-order valence-electron chi connectivity index (χ2n) is 4.48. The van der Waals surface area contributed by atoms with Crippen LogP contribution in [0.2, 0.25) is 0 Å². The first kappa shape index (κ1) is 14.0. The van der Waals surface area contributed by atoms with Crippen LogP contribution < -0.4 is 5.32 Å². The summed E-state index contributed by atoms with van der Waals surface area (Å²) in [5.74, 6) is -0.263. The van der Waals surface area contributed by atoms with Crippen molar-refractivity contribution in [3.63, 3.8) is 0 Å². The van der Waals surface area contributed by atoms with E-state index < -0.39 is 5.54 Å². The monoisotopic (exact) mass is 326 g/mol. The number of urea groups is 1. The average molecular weight is 327 g/mol. The molecule has 1 aromatic carbocycles. The molecule has 1 aliphatic heterocycles. The molecule has 0 radical (unpaired) electrons. The Morgan fingerprint density at radius 1 is 1.37 bits per heavy atom. The minimum absolute atomic E-state index is 0.251. The summed E-state index contributed by atoms with van der Waals surface area (Å²) in [6.45, 7) is 2.28. The van der Waals surface area contributed by atoms with Gasteiger partial charge in [0.25, 0.3) is 5.91 Å². The van der Waals surface area contributed by atoms with Crippen molar-refractivity contribution in [1.29, 1.82) is 0 Å². The predicted octanol–water partition coefficient (Wildman–Crippen LogP) is 1.86. The van der Waals surface area contributed by atoms with Crippen LogP contribution in [0.5, 0.6) is 0 Å². The van der Waals surface area contributed by atoms with E-state index in [1.165, 1.54) is 12.0 Å². The SMILES string of the molecule is COCCN1C(=O)NC(C)(c2ccccc2Br)C1=O. The maximum absolute atomic E-state index is 12.5. The van der Waals surface area contributed by atoms with Crippen LogP contribution in [0.3, 0.4) is 0 Å². The molecule has 0 spiro atoms. The lowest BCUT2D eigenvalue weighted by Crippen LogP contribution is -2.41. The molecule has 1 unspecified atom stereocenters. The third-order valence-electron chi connectivity index (χ3n) is 3.21. The predicted molar refractivity (Wildman–Crippen MR) is 73.6 cm³/mol. The first-order valence-electron chi connectivity index (χ1n) is 5.88. The van der Waals surface area contributed by atoms with E-state index >= 15 is 0 Å². The molecule has 5 nitrogen and oxygen atoms in total. The van der Waals surface area contributed by atoms with Gasteiger partial charge in [0.05, 0.1) is 13.2 Å². The fourth-order valence-corrected chi connectivity index (χ4v) is 2.81. The largest absolute Gasteiger partial charge is 0.383 e. The van der Waals surface area contributed by atoms with E-state index in [4.69, 9.17) is 4.74 Å². The van der Waals surface area contributed by atoms with Crippen LogP contribution in [-0.2, 0) is 15.1 Å². The number of carbonyl (C=O) groups excluding carboxylic acids is 2. The van der Waals surface area contributed by atoms with Crippen LogP contribution in [0.25, 0.3) is 0 Å². The first-order valence-corrected chi connectivity index (χ1v) is 6.68. The van der Waals surface area contributed by atoms with Crippen molar-refractivity contribution < 1.29 is 14.3 Å². The van der Waals surface area contributed by atoms with Crippen molar-refractivity contribution in [2.24, 2.45) is 0 Å². The van der Waals surface area contributed by atoms with Crippen molar-refractivity contribution in [2.45, 2.75) is 12.5 Å². The van der Waals surface area contributed by atoms with E-state index in [0.29, 0.717) is 6.61 Å². The Hall–Kier alpha value is -1.40. The van der Waals surface area contributed by atoms with Crippen molar-refractivity contribution in [3.05, 3.63) is 34.3 Å². The number of hydrogen-bond donors (Lipinski definition) is 1. The number of carbonyl (C=O) groups is 2. The molecule has 0 bridgehead atoms. The lowest BCUT2D eigenvalue weighted by Gasteiger charge is -2.23. The normalized spacial score (nSPS) is 22.8. The van der Waals surface area contributed by atoms with Crippen molar-refractivity contribution in [1.82, 2.24) is 10.2 Å². The number of methoxy groups -OCH3 is 1. The number of ether oxygens (including phenoxy) is 1. The molecule has 1 aromatic rings. The third kappa shape index (κ3) is 2.37. The Labute approximate surface area is 120 Å². The number of benzene rings is 1. The molecule has 1 heterocycles. The van der Waals surface area contributed by atoms with E-state index in [1.54, 1.807) is 6.92 Å². The summed E-state index contributed by atoms with van der Waals surface area (Å²) >= 11 is 3.41. The molecule has 6 heteroatoms. The van der Waals surface area contributed by atoms with E-state index in [1.807, 2.05) is 24.3 Å². The van der Waals surface area contributed by atoms with Gasteiger partial charge in [0.15, 0.2) is 0 Å². The van der Waals surface area contributed by atoms with Crippen molar-refractivity contribution in [2.75, 3.05) is 20.3 Å². The second-order valence-corrected chi connectivity index (χ2v) is 5.34. The van der Waals surface area contributed by atoms with Gasteiger partial charge in [-0.25, -0.2) is 4.79 Å². The summed E-state index contributed by atoms with van der Waals surface area (Å²) in [6, 6.07) is 6.98. The minimum Gasteiger partial charge on any atom is -0.383 e. The molecule has 2 rings (SSSR count). The quantitative estimate of drug-likeness (QED) is 0.859. The molecular weight excluding hydrogens is 312 g/mol. The highest BCUT2D eigenvalue weighted by atomic mass is 79.9. The van der Waals surface area contributed by atoms with Gasteiger partial charge in [-0.05, 0) is 13.0 Å². The zero-order valence-corrected chi connectivity index (χ0v) is 12.4. The molecule has 0 aliphatic carbocycles.